The number of hydrogen-bond acceptors (Lipinski definition) is 2. The lowest BCUT2D eigenvalue weighted by molar-refractivity contribution is 0.536. The van der Waals surface area contributed by atoms with Gasteiger partial charge in [-0.2, -0.15) is 0 Å². The number of likely N-dealkylation sites (N-methyl/N-ethyl adjacent to an activating group) is 1. The molecule has 1 aromatic carbocycles. The Morgan fingerprint density at radius 1 is 1.42 bits per heavy atom. The van der Waals surface area contributed by atoms with E-state index in [0.717, 1.165) is 29.8 Å². The summed E-state index contributed by atoms with van der Waals surface area (Å²) >= 11 is 0. The molecule has 0 aliphatic rings. The predicted molar refractivity (Wildman–Crippen MR) is 74.5 cm³/mol. The van der Waals surface area contributed by atoms with E-state index in [0.29, 0.717) is 0 Å². The summed E-state index contributed by atoms with van der Waals surface area (Å²) in [6.45, 7) is 4.90. The zero-order chi connectivity index (χ0) is 13.8. The molecular formula is C15H20FN3. The molecule has 0 amide bonds. The first-order valence-electron chi connectivity index (χ1n) is 6.56. The number of rotatable bonds is 5. The maximum atomic E-state index is 13.1. The van der Waals surface area contributed by atoms with Crippen molar-refractivity contribution < 1.29 is 4.39 Å². The normalized spacial score (nSPS) is 12.6. The van der Waals surface area contributed by atoms with E-state index in [1.54, 1.807) is 12.4 Å². The van der Waals surface area contributed by atoms with Crippen LogP contribution in [0, 0.1) is 12.7 Å². The van der Waals surface area contributed by atoms with Crippen molar-refractivity contribution in [3.63, 3.8) is 0 Å². The Morgan fingerprint density at radius 3 is 2.79 bits per heavy atom. The average Bonchev–Trinajstić information content (AvgIpc) is 2.78. The molecule has 0 saturated heterocycles. The van der Waals surface area contributed by atoms with E-state index in [2.05, 4.69) is 17.2 Å². The van der Waals surface area contributed by atoms with Crippen molar-refractivity contribution in [2.75, 3.05) is 6.54 Å². The smallest absolute Gasteiger partial charge is 0.123 e. The third kappa shape index (κ3) is 3.41. The lowest BCUT2D eigenvalue weighted by atomic mass is 9.99. The van der Waals surface area contributed by atoms with Gasteiger partial charge < -0.3 is 9.88 Å². The van der Waals surface area contributed by atoms with Crippen molar-refractivity contribution in [2.45, 2.75) is 26.3 Å². The second kappa shape index (κ2) is 5.97. The molecule has 4 heteroatoms. The van der Waals surface area contributed by atoms with E-state index in [1.807, 2.05) is 30.8 Å². The highest BCUT2D eigenvalue weighted by Gasteiger charge is 2.15. The molecule has 1 unspecified atom stereocenters. The summed E-state index contributed by atoms with van der Waals surface area (Å²) in [5.41, 5.74) is 3.16. The van der Waals surface area contributed by atoms with Crippen molar-refractivity contribution in [3.8, 4) is 0 Å². The van der Waals surface area contributed by atoms with Gasteiger partial charge in [0.15, 0.2) is 0 Å². The minimum atomic E-state index is -0.181. The maximum absolute atomic E-state index is 13.1. The van der Waals surface area contributed by atoms with Gasteiger partial charge >= 0.3 is 0 Å². The van der Waals surface area contributed by atoms with Crippen LogP contribution in [-0.2, 0) is 13.5 Å². The summed E-state index contributed by atoms with van der Waals surface area (Å²) in [6.07, 6.45) is 4.64. The number of aromatic nitrogens is 2. The van der Waals surface area contributed by atoms with Crippen LogP contribution in [-0.4, -0.2) is 16.1 Å². The second-order valence-corrected chi connectivity index (χ2v) is 4.85. The fraction of sp³-hybridized carbons (Fsp3) is 0.400. The van der Waals surface area contributed by atoms with Crippen LogP contribution in [0.4, 0.5) is 4.39 Å². The second-order valence-electron chi connectivity index (χ2n) is 4.85. The van der Waals surface area contributed by atoms with Crippen LogP contribution in [0.5, 0.6) is 0 Å². The molecule has 3 nitrogen and oxygen atoms in total. The van der Waals surface area contributed by atoms with Crippen molar-refractivity contribution in [1.29, 1.82) is 0 Å². The summed E-state index contributed by atoms with van der Waals surface area (Å²) in [5, 5.41) is 3.43. The zero-order valence-electron chi connectivity index (χ0n) is 11.7. The molecule has 0 saturated carbocycles. The van der Waals surface area contributed by atoms with Crippen molar-refractivity contribution in [1.82, 2.24) is 14.9 Å². The first kappa shape index (κ1) is 13.7. The molecule has 0 bridgehead atoms. The first-order chi connectivity index (χ1) is 9.10. The Morgan fingerprint density at radius 2 is 2.21 bits per heavy atom. The molecule has 19 heavy (non-hydrogen) atoms. The standard InChI is InChI=1S/C15H20FN3/c1-4-17-14(15-9-19(3)10-18-15)8-12-5-6-13(16)7-11(12)2/h5-7,9-10,14,17H,4,8H2,1-3H3. The zero-order valence-corrected chi connectivity index (χ0v) is 11.7. The molecule has 0 fully saturated rings. The largest absolute Gasteiger partial charge is 0.340 e. The Bertz CT molecular complexity index is 548. The summed E-state index contributed by atoms with van der Waals surface area (Å²) in [6, 6.07) is 5.12. The van der Waals surface area contributed by atoms with Crippen LogP contribution in [0.2, 0.25) is 0 Å². The average molecular weight is 261 g/mol. The number of benzene rings is 1. The molecule has 0 aliphatic carbocycles. The molecule has 0 aliphatic heterocycles. The number of nitrogens with zero attached hydrogens (tertiary/aromatic N) is 2. The van der Waals surface area contributed by atoms with Crippen molar-refractivity contribution in [3.05, 3.63) is 53.4 Å². The number of nitrogens with one attached hydrogen (secondary N) is 1. The van der Waals surface area contributed by atoms with Gasteiger partial charge in [0.2, 0.25) is 0 Å². The summed E-state index contributed by atoms with van der Waals surface area (Å²) < 4.78 is 15.1. The summed E-state index contributed by atoms with van der Waals surface area (Å²) in [7, 11) is 1.96. The predicted octanol–water partition coefficient (Wildman–Crippen LogP) is 2.76. The highest BCUT2D eigenvalue weighted by atomic mass is 19.1. The topological polar surface area (TPSA) is 29.9 Å². The van der Waals surface area contributed by atoms with Gasteiger partial charge in [0, 0.05) is 13.2 Å². The van der Waals surface area contributed by atoms with Crippen LogP contribution in [0.1, 0.15) is 29.8 Å². The molecule has 1 atom stereocenters. The van der Waals surface area contributed by atoms with Crippen LogP contribution in [0.25, 0.3) is 0 Å². The molecule has 2 rings (SSSR count). The van der Waals surface area contributed by atoms with E-state index in [1.165, 1.54) is 6.07 Å². The molecular weight excluding hydrogens is 241 g/mol. The SMILES string of the molecule is CCNC(Cc1ccc(F)cc1C)c1cn(C)cn1. The molecule has 1 aromatic heterocycles. The minimum Gasteiger partial charge on any atom is -0.340 e. The lowest BCUT2D eigenvalue weighted by Gasteiger charge is -2.17. The lowest BCUT2D eigenvalue weighted by Crippen LogP contribution is -2.23. The van der Waals surface area contributed by atoms with Crippen LogP contribution < -0.4 is 5.32 Å². The molecule has 2 aromatic rings. The molecule has 0 radical (unpaired) electrons. The van der Waals surface area contributed by atoms with Gasteiger partial charge in [0.1, 0.15) is 5.82 Å². The van der Waals surface area contributed by atoms with E-state index in [9.17, 15) is 4.39 Å². The quantitative estimate of drug-likeness (QED) is 0.897. The molecule has 1 heterocycles. The van der Waals surface area contributed by atoms with Gasteiger partial charge in [-0.3, -0.25) is 0 Å². The van der Waals surface area contributed by atoms with Gasteiger partial charge in [0.25, 0.3) is 0 Å². The number of aryl methyl sites for hydroxylation is 2. The highest BCUT2D eigenvalue weighted by Crippen LogP contribution is 2.19. The monoisotopic (exact) mass is 261 g/mol. The molecule has 0 spiro atoms. The Kier molecular flexibility index (Phi) is 4.32. The van der Waals surface area contributed by atoms with E-state index in [-0.39, 0.29) is 11.9 Å². The number of hydrogen-bond donors (Lipinski definition) is 1. The number of imidazole rings is 1. The number of halogens is 1. The van der Waals surface area contributed by atoms with Gasteiger partial charge in [-0.15, -0.1) is 0 Å². The first-order valence-corrected chi connectivity index (χ1v) is 6.56. The van der Waals surface area contributed by atoms with Crippen molar-refractivity contribution in [2.24, 2.45) is 7.05 Å². The Hall–Kier alpha value is -1.68. The van der Waals surface area contributed by atoms with E-state index < -0.39 is 0 Å². The van der Waals surface area contributed by atoms with Crippen LogP contribution in [0.3, 0.4) is 0 Å². The van der Waals surface area contributed by atoms with Crippen LogP contribution >= 0.6 is 0 Å². The minimum absolute atomic E-state index is 0.162. The maximum Gasteiger partial charge on any atom is 0.123 e. The van der Waals surface area contributed by atoms with Gasteiger partial charge in [0.05, 0.1) is 18.1 Å². The summed E-state index contributed by atoms with van der Waals surface area (Å²) in [5.74, 6) is -0.181. The van der Waals surface area contributed by atoms with Gasteiger partial charge in [-0.05, 0) is 43.1 Å². The Labute approximate surface area is 113 Å². The molecule has 102 valence electrons. The van der Waals surface area contributed by atoms with E-state index in [4.69, 9.17) is 0 Å². The van der Waals surface area contributed by atoms with Crippen molar-refractivity contribution >= 4 is 0 Å². The summed E-state index contributed by atoms with van der Waals surface area (Å²) in [4.78, 5) is 4.40. The van der Waals surface area contributed by atoms with Crippen LogP contribution in [0.15, 0.2) is 30.7 Å². The van der Waals surface area contributed by atoms with Gasteiger partial charge in [-0.25, -0.2) is 9.37 Å². The highest BCUT2D eigenvalue weighted by molar-refractivity contribution is 5.28. The van der Waals surface area contributed by atoms with Gasteiger partial charge in [-0.1, -0.05) is 13.0 Å². The fourth-order valence-corrected chi connectivity index (χ4v) is 2.25. The fourth-order valence-electron chi connectivity index (χ4n) is 2.25. The third-order valence-corrected chi connectivity index (χ3v) is 3.26. The Balaban J connectivity index is 2.21. The molecule has 1 N–H and O–H groups in total. The third-order valence-electron chi connectivity index (χ3n) is 3.26. The van der Waals surface area contributed by atoms with E-state index >= 15 is 0 Å².